The summed E-state index contributed by atoms with van der Waals surface area (Å²) in [6.07, 6.45) is 5.31. The van der Waals surface area contributed by atoms with Gasteiger partial charge in [-0.1, -0.05) is 24.1 Å². The highest BCUT2D eigenvalue weighted by Gasteiger charge is 2.37. The van der Waals surface area contributed by atoms with E-state index >= 15 is 0 Å². The molecule has 1 aliphatic rings. The van der Waals surface area contributed by atoms with Crippen molar-refractivity contribution < 1.29 is 8.42 Å². The van der Waals surface area contributed by atoms with Gasteiger partial charge < -0.3 is 5.73 Å². The van der Waals surface area contributed by atoms with Gasteiger partial charge in [0, 0.05) is 22.9 Å². The molecule has 1 saturated carbocycles. The van der Waals surface area contributed by atoms with Crippen molar-refractivity contribution in [3.8, 4) is 0 Å². The normalized spacial score (nSPS) is 17.8. The summed E-state index contributed by atoms with van der Waals surface area (Å²) in [4.78, 5) is 0.190. The molecule has 20 heavy (non-hydrogen) atoms. The van der Waals surface area contributed by atoms with E-state index < -0.39 is 10.0 Å². The van der Waals surface area contributed by atoms with Gasteiger partial charge in [0.05, 0.1) is 4.90 Å². The Bertz CT molecular complexity index is 581. The van der Waals surface area contributed by atoms with Crippen LogP contribution in [0.5, 0.6) is 0 Å². The van der Waals surface area contributed by atoms with Gasteiger partial charge in [0.15, 0.2) is 0 Å². The largest absolute Gasteiger partial charge is 0.326 e. The molecule has 0 aromatic heterocycles. The first-order valence-electron chi connectivity index (χ1n) is 6.46. The molecule has 2 rings (SSSR count). The van der Waals surface area contributed by atoms with Crippen LogP contribution >= 0.6 is 23.4 Å². The second-order valence-electron chi connectivity index (χ2n) is 5.02. The van der Waals surface area contributed by atoms with Crippen LogP contribution in [0.4, 0.5) is 0 Å². The Morgan fingerprint density at radius 1 is 1.45 bits per heavy atom. The van der Waals surface area contributed by atoms with Crippen molar-refractivity contribution in [2.24, 2.45) is 5.73 Å². The molecule has 112 valence electrons. The molecule has 4 nitrogen and oxygen atoms in total. The van der Waals surface area contributed by atoms with E-state index in [9.17, 15) is 8.42 Å². The molecule has 7 heteroatoms. The number of nitrogens with two attached hydrogens (primary N) is 1. The highest BCUT2D eigenvalue weighted by Crippen LogP contribution is 2.42. The second-order valence-corrected chi connectivity index (χ2v) is 8.47. The Hall–Kier alpha value is -0.270. The number of benzene rings is 1. The minimum atomic E-state index is -3.52. The lowest BCUT2D eigenvalue weighted by molar-refractivity contribution is 0.362. The fourth-order valence-corrected chi connectivity index (χ4v) is 4.68. The molecule has 0 atom stereocenters. The minimum Gasteiger partial charge on any atom is -0.326 e. The van der Waals surface area contributed by atoms with Gasteiger partial charge >= 0.3 is 0 Å². The minimum absolute atomic E-state index is 0.0636. The number of thioether (sulfide) groups is 1. The van der Waals surface area contributed by atoms with Crippen LogP contribution in [0.3, 0.4) is 0 Å². The molecule has 1 aliphatic carbocycles. The van der Waals surface area contributed by atoms with Crippen molar-refractivity contribution in [1.82, 2.24) is 4.72 Å². The third kappa shape index (κ3) is 3.31. The first-order chi connectivity index (χ1) is 9.42. The Balaban J connectivity index is 2.12. The van der Waals surface area contributed by atoms with Gasteiger partial charge in [0.2, 0.25) is 10.0 Å². The first-order valence-corrected chi connectivity index (χ1v) is 9.54. The van der Waals surface area contributed by atoms with Gasteiger partial charge in [-0.15, -0.1) is 0 Å². The van der Waals surface area contributed by atoms with Gasteiger partial charge in [-0.3, -0.25) is 0 Å². The zero-order chi connectivity index (χ0) is 14.8. The lowest BCUT2D eigenvalue weighted by Gasteiger charge is -2.40. The maximum Gasteiger partial charge on any atom is 0.240 e. The van der Waals surface area contributed by atoms with Crippen LogP contribution in [0.1, 0.15) is 24.8 Å². The lowest BCUT2D eigenvalue weighted by Crippen LogP contribution is -2.45. The van der Waals surface area contributed by atoms with Crippen LogP contribution in [0.25, 0.3) is 0 Å². The summed E-state index contributed by atoms with van der Waals surface area (Å²) >= 11 is 7.75. The van der Waals surface area contributed by atoms with Gasteiger partial charge in [-0.2, -0.15) is 11.8 Å². The van der Waals surface area contributed by atoms with Gasteiger partial charge in [0.25, 0.3) is 0 Å². The summed E-state index contributed by atoms with van der Waals surface area (Å²) in [5.41, 5.74) is 6.26. The monoisotopic (exact) mass is 334 g/mol. The van der Waals surface area contributed by atoms with E-state index in [0.717, 1.165) is 18.4 Å². The molecule has 0 bridgehead atoms. The molecular weight excluding hydrogens is 316 g/mol. The van der Waals surface area contributed by atoms with E-state index in [0.29, 0.717) is 18.1 Å². The number of rotatable bonds is 6. The van der Waals surface area contributed by atoms with Crippen molar-refractivity contribution in [2.45, 2.75) is 35.4 Å². The smallest absolute Gasteiger partial charge is 0.240 e. The van der Waals surface area contributed by atoms with E-state index in [4.69, 9.17) is 17.3 Å². The summed E-state index contributed by atoms with van der Waals surface area (Å²) in [5, 5.41) is 0.388. The molecule has 0 radical (unpaired) electrons. The van der Waals surface area contributed by atoms with E-state index in [1.807, 2.05) is 6.26 Å². The Labute approximate surface area is 129 Å². The molecule has 0 saturated heterocycles. The van der Waals surface area contributed by atoms with Gasteiger partial charge in [0.1, 0.15) is 0 Å². The third-order valence-corrected chi connectivity index (χ3v) is 7.01. The van der Waals surface area contributed by atoms with Crippen molar-refractivity contribution in [1.29, 1.82) is 0 Å². The Morgan fingerprint density at radius 3 is 2.60 bits per heavy atom. The zero-order valence-corrected chi connectivity index (χ0v) is 13.7. The average molecular weight is 335 g/mol. The average Bonchev–Trinajstić information content (AvgIpc) is 2.38. The number of nitrogens with one attached hydrogen (secondary N) is 1. The SMILES string of the molecule is CSC1(CNS(=O)(=O)c2ccc(CN)c(Cl)c2)CCC1. The van der Waals surface area contributed by atoms with Crippen LogP contribution in [0.15, 0.2) is 23.1 Å². The van der Waals surface area contributed by atoms with E-state index in [-0.39, 0.29) is 9.64 Å². The summed E-state index contributed by atoms with van der Waals surface area (Å²) in [5.74, 6) is 0. The molecule has 0 heterocycles. The first kappa shape index (κ1) is 16.1. The number of halogens is 1. The molecule has 0 amide bonds. The number of hydrogen-bond donors (Lipinski definition) is 2. The highest BCUT2D eigenvalue weighted by molar-refractivity contribution is 8.00. The fourth-order valence-electron chi connectivity index (χ4n) is 2.19. The summed E-state index contributed by atoms with van der Waals surface area (Å²) in [7, 11) is -3.52. The maximum absolute atomic E-state index is 12.3. The van der Waals surface area contributed by atoms with Crippen LogP contribution in [-0.4, -0.2) is 26.0 Å². The molecule has 0 aliphatic heterocycles. The van der Waals surface area contributed by atoms with Gasteiger partial charge in [-0.05, 0) is 36.8 Å². The second kappa shape index (κ2) is 6.23. The predicted molar refractivity (Wildman–Crippen MR) is 84.6 cm³/mol. The van der Waals surface area contributed by atoms with Crippen LogP contribution in [-0.2, 0) is 16.6 Å². The molecule has 1 aromatic carbocycles. The number of hydrogen-bond acceptors (Lipinski definition) is 4. The highest BCUT2D eigenvalue weighted by atomic mass is 35.5. The van der Waals surface area contributed by atoms with Crippen molar-refractivity contribution >= 4 is 33.4 Å². The fraction of sp³-hybridized carbons (Fsp3) is 0.538. The van der Waals surface area contributed by atoms with Crippen molar-refractivity contribution in [2.75, 3.05) is 12.8 Å². The molecule has 0 unspecified atom stereocenters. The predicted octanol–water partition coefficient (Wildman–Crippen LogP) is 2.36. The molecule has 1 aromatic rings. The summed E-state index contributed by atoms with van der Waals surface area (Å²) in [6.45, 7) is 0.759. The summed E-state index contributed by atoms with van der Waals surface area (Å²) < 4.78 is 27.3. The molecule has 3 N–H and O–H groups in total. The van der Waals surface area contributed by atoms with Crippen molar-refractivity contribution in [3.05, 3.63) is 28.8 Å². The number of sulfonamides is 1. The van der Waals surface area contributed by atoms with E-state index in [1.165, 1.54) is 12.5 Å². The standard InChI is InChI=1S/C13H19ClN2O2S2/c1-19-13(5-2-6-13)9-16-20(17,18)11-4-3-10(8-15)12(14)7-11/h3-4,7,16H,2,5-6,8-9,15H2,1H3. The zero-order valence-electron chi connectivity index (χ0n) is 11.4. The molecule has 1 fully saturated rings. The van der Waals surface area contributed by atoms with Crippen molar-refractivity contribution in [3.63, 3.8) is 0 Å². The topological polar surface area (TPSA) is 72.2 Å². The van der Waals surface area contributed by atoms with Crippen LogP contribution in [0, 0.1) is 0 Å². The Morgan fingerprint density at radius 2 is 2.15 bits per heavy atom. The Kier molecular flexibility index (Phi) is 5.02. The third-order valence-electron chi connectivity index (χ3n) is 3.84. The van der Waals surface area contributed by atoms with Crippen LogP contribution < -0.4 is 10.5 Å². The summed E-state index contributed by atoms with van der Waals surface area (Å²) in [6, 6.07) is 4.66. The van der Waals surface area contributed by atoms with Crippen LogP contribution in [0.2, 0.25) is 5.02 Å². The quantitative estimate of drug-likeness (QED) is 0.837. The van der Waals surface area contributed by atoms with E-state index in [1.54, 1.807) is 23.9 Å². The molecule has 0 spiro atoms. The lowest BCUT2D eigenvalue weighted by atomic mass is 9.84. The molecular formula is C13H19ClN2O2S2. The van der Waals surface area contributed by atoms with Gasteiger partial charge in [-0.25, -0.2) is 13.1 Å². The van der Waals surface area contributed by atoms with E-state index in [2.05, 4.69) is 4.72 Å². The maximum atomic E-state index is 12.3.